The zero-order chi connectivity index (χ0) is 23.8. The largest absolute Gasteiger partial charge is 0.452 e. The van der Waals surface area contributed by atoms with Crippen LogP contribution in [-0.4, -0.2) is 56.4 Å². The molecule has 0 bridgehead atoms. The zero-order valence-corrected chi connectivity index (χ0v) is 19.9. The van der Waals surface area contributed by atoms with Crippen LogP contribution >= 0.6 is 0 Å². The van der Waals surface area contributed by atoms with Crippen LogP contribution in [0.1, 0.15) is 68.6 Å². The first-order chi connectivity index (χ1) is 15.8. The molecule has 182 valence electrons. The maximum atomic E-state index is 13.0. The summed E-state index contributed by atoms with van der Waals surface area (Å²) in [7, 11) is -3.71. The fourth-order valence-electron chi connectivity index (χ4n) is 4.33. The van der Waals surface area contributed by atoms with Gasteiger partial charge in [-0.25, -0.2) is 18.0 Å². The summed E-state index contributed by atoms with van der Waals surface area (Å²) in [6.07, 6.45) is 7.68. The van der Waals surface area contributed by atoms with Gasteiger partial charge in [0.2, 0.25) is 10.0 Å². The number of nitrogens with zero attached hydrogens (tertiary/aromatic N) is 1. The number of hydrogen-bond acceptors (Lipinski definition) is 6. The second-order valence-corrected chi connectivity index (χ2v) is 10.8. The van der Waals surface area contributed by atoms with E-state index in [0.717, 1.165) is 51.4 Å². The number of imide groups is 1. The summed E-state index contributed by atoms with van der Waals surface area (Å²) in [4.78, 5) is 36.5. The van der Waals surface area contributed by atoms with Crippen molar-refractivity contribution < 1.29 is 27.5 Å². The number of nitrogens with one attached hydrogen (secondary N) is 2. The predicted octanol–water partition coefficient (Wildman–Crippen LogP) is 2.81. The number of benzene rings is 1. The lowest BCUT2D eigenvalue weighted by Gasteiger charge is -2.29. The minimum atomic E-state index is -3.71. The topological polar surface area (TPSA) is 122 Å². The van der Waals surface area contributed by atoms with Crippen molar-refractivity contribution in [3.05, 3.63) is 29.8 Å². The fraction of sp³-hybridized carbons (Fsp3) is 0.609. The molecule has 1 aliphatic carbocycles. The van der Waals surface area contributed by atoms with Crippen molar-refractivity contribution in [1.82, 2.24) is 14.9 Å². The Morgan fingerprint density at radius 1 is 1.03 bits per heavy atom. The van der Waals surface area contributed by atoms with E-state index in [9.17, 15) is 22.8 Å². The van der Waals surface area contributed by atoms with Gasteiger partial charge in [-0.05, 0) is 49.8 Å². The minimum absolute atomic E-state index is 0.0167. The molecule has 1 heterocycles. The van der Waals surface area contributed by atoms with Gasteiger partial charge < -0.3 is 10.1 Å². The average Bonchev–Trinajstić information content (AvgIpc) is 3.09. The molecule has 0 spiro atoms. The Kier molecular flexibility index (Phi) is 8.85. The van der Waals surface area contributed by atoms with Gasteiger partial charge in [0.05, 0.1) is 10.5 Å². The van der Waals surface area contributed by atoms with Gasteiger partial charge in [0, 0.05) is 19.1 Å². The molecule has 0 radical (unpaired) electrons. The van der Waals surface area contributed by atoms with Crippen molar-refractivity contribution in [1.29, 1.82) is 0 Å². The third-order valence-electron chi connectivity index (χ3n) is 6.29. The second-order valence-electron chi connectivity index (χ2n) is 8.81. The van der Waals surface area contributed by atoms with Crippen molar-refractivity contribution in [2.24, 2.45) is 5.92 Å². The Bertz CT molecular complexity index is 957. The molecule has 10 heteroatoms. The van der Waals surface area contributed by atoms with Gasteiger partial charge in [-0.2, -0.15) is 4.31 Å². The highest BCUT2D eigenvalue weighted by molar-refractivity contribution is 7.89. The fourth-order valence-corrected chi connectivity index (χ4v) is 5.89. The van der Waals surface area contributed by atoms with Crippen LogP contribution in [0, 0.1) is 5.92 Å². The standard InChI is InChI=1S/C23H33N3O6S/c1-17-9-4-5-12-20(17)24-23(29)25-21(27)16-32-22(28)18-10-8-11-19(15-18)33(30,31)26-13-6-2-3-7-14-26/h8,10-11,15,17,20H,2-7,9,12-14,16H2,1H3,(H2,24,25,27,29). The smallest absolute Gasteiger partial charge is 0.338 e. The van der Waals surface area contributed by atoms with Gasteiger partial charge in [-0.15, -0.1) is 0 Å². The Balaban J connectivity index is 1.53. The number of carbonyl (C=O) groups is 3. The van der Waals surface area contributed by atoms with Gasteiger partial charge in [0.15, 0.2) is 6.61 Å². The molecule has 1 saturated heterocycles. The SMILES string of the molecule is CC1CCCCC1NC(=O)NC(=O)COC(=O)c1cccc(S(=O)(=O)N2CCCCCC2)c1. The van der Waals surface area contributed by atoms with Crippen LogP contribution in [0.15, 0.2) is 29.2 Å². The van der Waals surface area contributed by atoms with Crippen LogP contribution < -0.4 is 10.6 Å². The van der Waals surface area contributed by atoms with Gasteiger partial charge >= 0.3 is 12.0 Å². The van der Waals surface area contributed by atoms with Crippen molar-refractivity contribution in [2.45, 2.75) is 69.2 Å². The van der Waals surface area contributed by atoms with E-state index >= 15 is 0 Å². The highest BCUT2D eigenvalue weighted by Gasteiger charge is 2.26. The lowest BCUT2D eigenvalue weighted by Crippen LogP contribution is -2.48. The van der Waals surface area contributed by atoms with Crippen molar-refractivity contribution >= 4 is 27.9 Å². The summed E-state index contributed by atoms with van der Waals surface area (Å²) in [6, 6.07) is 5.01. The van der Waals surface area contributed by atoms with Crippen LogP contribution in [0.5, 0.6) is 0 Å². The summed E-state index contributed by atoms with van der Waals surface area (Å²) < 4.78 is 32.4. The van der Waals surface area contributed by atoms with Crippen LogP contribution in [0.4, 0.5) is 4.79 Å². The van der Waals surface area contributed by atoms with E-state index in [1.165, 1.54) is 28.6 Å². The molecule has 2 N–H and O–H groups in total. The first-order valence-corrected chi connectivity index (χ1v) is 13.1. The molecular formula is C23H33N3O6S. The van der Waals surface area contributed by atoms with Crippen LogP contribution in [0.25, 0.3) is 0 Å². The summed E-state index contributed by atoms with van der Waals surface area (Å²) in [5.41, 5.74) is 0.0270. The zero-order valence-electron chi connectivity index (χ0n) is 19.0. The normalized spacial score (nSPS) is 22.1. The first-order valence-electron chi connectivity index (χ1n) is 11.6. The van der Waals surface area contributed by atoms with E-state index in [4.69, 9.17) is 4.74 Å². The van der Waals surface area contributed by atoms with Gasteiger partial charge in [-0.1, -0.05) is 38.7 Å². The highest BCUT2D eigenvalue weighted by atomic mass is 32.2. The van der Waals surface area contributed by atoms with Crippen molar-refractivity contribution in [3.63, 3.8) is 0 Å². The lowest BCUT2D eigenvalue weighted by atomic mass is 9.86. The van der Waals surface area contributed by atoms with E-state index in [1.54, 1.807) is 0 Å². The average molecular weight is 480 g/mol. The Hall–Kier alpha value is -2.46. The third-order valence-corrected chi connectivity index (χ3v) is 8.18. The van der Waals surface area contributed by atoms with Gasteiger partial charge in [0.25, 0.3) is 5.91 Å². The molecule has 2 fully saturated rings. The maximum absolute atomic E-state index is 13.0. The molecular weight excluding hydrogens is 446 g/mol. The molecule has 2 aliphatic rings. The molecule has 2 unspecified atom stereocenters. The molecule has 0 aromatic heterocycles. The van der Waals surface area contributed by atoms with E-state index in [-0.39, 0.29) is 16.5 Å². The highest BCUT2D eigenvalue weighted by Crippen LogP contribution is 2.24. The van der Waals surface area contributed by atoms with Crippen LogP contribution in [0.2, 0.25) is 0 Å². The van der Waals surface area contributed by atoms with Crippen molar-refractivity contribution in [3.8, 4) is 0 Å². The molecule has 1 saturated carbocycles. The van der Waals surface area contributed by atoms with Gasteiger partial charge in [0.1, 0.15) is 0 Å². The van der Waals surface area contributed by atoms with E-state index in [2.05, 4.69) is 17.6 Å². The molecule has 3 amide bonds. The molecule has 33 heavy (non-hydrogen) atoms. The number of amides is 3. The quantitative estimate of drug-likeness (QED) is 0.605. The number of hydrogen-bond donors (Lipinski definition) is 2. The number of ether oxygens (including phenoxy) is 1. The van der Waals surface area contributed by atoms with E-state index < -0.39 is 34.5 Å². The molecule has 1 aromatic carbocycles. The Morgan fingerprint density at radius 2 is 1.73 bits per heavy atom. The first kappa shape index (κ1) is 25.2. The van der Waals surface area contributed by atoms with Crippen LogP contribution in [-0.2, 0) is 19.6 Å². The van der Waals surface area contributed by atoms with Crippen molar-refractivity contribution in [2.75, 3.05) is 19.7 Å². The third kappa shape index (κ3) is 7.01. The number of sulfonamides is 1. The minimum Gasteiger partial charge on any atom is -0.452 e. The lowest BCUT2D eigenvalue weighted by molar-refractivity contribution is -0.123. The Morgan fingerprint density at radius 3 is 2.42 bits per heavy atom. The molecule has 1 aliphatic heterocycles. The monoisotopic (exact) mass is 479 g/mol. The number of carbonyl (C=O) groups excluding carboxylic acids is 3. The summed E-state index contributed by atoms with van der Waals surface area (Å²) >= 11 is 0. The predicted molar refractivity (Wildman–Crippen MR) is 122 cm³/mol. The van der Waals surface area contributed by atoms with E-state index in [0.29, 0.717) is 19.0 Å². The number of urea groups is 1. The Labute approximate surface area is 195 Å². The molecule has 1 aromatic rings. The second kappa shape index (κ2) is 11.6. The maximum Gasteiger partial charge on any atom is 0.338 e. The molecule has 2 atom stereocenters. The summed E-state index contributed by atoms with van der Waals surface area (Å²) in [5.74, 6) is -1.24. The van der Waals surface area contributed by atoms with Crippen LogP contribution in [0.3, 0.4) is 0 Å². The number of esters is 1. The molecule has 9 nitrogen and oxygen atoms in total. The van der Waals surface area contributed by atoms with Gasteiger partial charge in [-0.3, -0.25) is 10.1 Å². The molecule has 3 rings (SSSR count). The summed E-state index contributed by atoms with van der Waals surface area (Å²) in [5, 5.41) is 4.97. The summed E-state index contributed by atoms with van der Waals surface area (Å²) in [6.45, 7) is 2.34. The number of rotatable bonds is 6. The van der Waals surface area contributed by atoms with E-state index in [1.807, 2.05) is 0 Å².